The number of anilines is 4. The average molecular weight is 931 g/mol. The molecule has 5 aromatic carbocycles. The summed E-state index contributed by atoms with van der Waals surface area (Å²) in [4.78, 5) is 9.55. The number of para-hydroxylation sites is 3. The monoisotopic (exact) mass is 930 g/mol. The zero-order valence-electron chi connectivity index (χ0n) is 34.1. The molecule has 0 amide bonds. The van der Waals surface area contributed by atoms with Crippen LogP contribution in [0.5, 0.6) is 11.5 Å². The molecular weight excluding hydrogens is 880 g/mol. The van der Waals surface area contributed by atoms with Crippen LogP contribution in [0.2, 0.25) is 0 Å². The minimum Gasteiger partial charge on any atom is -0.509 e. The van der Waals surface area contributed by atoms with Gasteiger partial charge in [0.05, 0.1) is 0 Å². The number of fused-ring (bicyclic) bond motifs is 4. The summed E-state index contributed by atoms with van der Waals surface area (Å²) in [6.07, 6.45) is 8.36. The normalized spacial score (nSPS) is 14.9. The second-order valence-corrected chi connectivity index (χ2v) is 17.7. The molecular formula is C51H51N4OPt-3. The number of pyridine rings is 1. The predicted octanol–water partition coefficient (Wildman–Crippen LogP) is 13.9. The van der Waals surface area contributed by atoms with Crippen molar-refractivity contribution in [3.63, 3.8) is 0 Å². The quantitative estimate of drug-likeness (QED) is 0.156. The van der Waals surface area contributed by atoms with Crippen molar-refractivity contribution >= 4 is 44.6 Å². The van der Waals surface area contributed by atoms with Crippen molar-refractivity contribution in [2.75, 3.05) is 9.80 Å². The summed E-state index contributed by atoms with van der Waals surface area (Å²) in [5, 5.41) is 2.26. The number of hydrogen-bond acceptors (Lipinski definition) is 4. The molecule has 1 aliphatic carbocycles. The third-order valence-corrected chi connectivity index (χ3v) is 11.8. The number of benzene rings is 5. The molecule has 294 valence electrons. The smallest absolute Gasteiger partial charge is 0.135 e. The molecule has 9 rings (SSSR count). The van der Waals surface area contributed by atoms with Gasteiger partial charge in [-0.1, -0.05) is 109 Å². The van der Waals surface area contributed by atoms with E-state index in [0.29, 0.717) is 17.4 Å². The van der Waals surface area contributed by atoms with Gasteiger partial charge in [-0.3, -0.25) is 0 Å². The predicted molar refractivity (Wildman–Crippen MR) is 232 cm³/mol. The first kappa shape index (κ1) is 39.0. The number of hydrogen-bond donors (Lipinski definition) is 0. The van der Waals surface area contributed by atoms with Gasteiger partial charge in [0.15, 0.2) is 0 Å². The largest absolute Gasteiger partial charge is 0.509 e. The number of ether oxygens (including phenoxy) is 1. The summed E-state index contributed by atoms with van der Waals surface area (Å²) < 4.78 is 9.02. The van der Waals surface area contributed by atoms with Crippen LogP contribution in [0, 0.1) is 25.7 Å². The molecule has 0 radical (unpaired) electrons. The molecule has 0 N–H and O–H groups in total. The Bertz CT molecular complexity index is 2590. The van der Waals surface area contributed by atoms with Crippen molar-refractivity contribution in [2.45, 2.75) is 97.3 Å². The maximum Gasteiger partial charge on any atom is 0.135 e. The summed E-state index contributed by atoms with van der Waals surface area (Å²) in [6.45, 7) is 18.0. The van der Waals surface area contributed by atoms with E-state index in [2.05, 4.69) is 179 Å². The summed E-state index contributed by atoms with van der Waals surface area (Å²) in [5.74, 6) is 2.73. The van der Waals surface area contributed by atoms with E-state index in [9.17, 15) is 0 Å². The van der Waals surface area contributed by atoms with Crippen molar-refractivity contribution in [3.8, 4) is 17.3 Å². The molecule has 1 saturated carbocycles. The molecule has 7 aromatic rings. The van der Waals surface area contributed by atoms with Crippen LogP contribution in [0.4, 0.5) is 22.7 Å². The van der Waals surface area contributed by atoms with Crippen LogP contribution in [0.3, 0.4) is 0 Å². The van der Waals surface area contributed by atoms with Crippen LogP contribution in [0.1, 0.15) is 102 Å². The zero-order chi connectivity index (χ0) is 38.8. The molecule has 1 aliphatic heterocycles. The minimum absolute atomic E-state index is 0. The molecule has 0 spiro atoms. The van der Waals surface area contributed by atoms with Gasteiger partial charge in [0.1, 0.15) is 5.82 Å². The van der Waals surface area contributed by atoms with E-state index in [4.69, 9.17) is 9.72 Å². The van der Waals surface area contributed by atoms with Gasteiger partial charge in [0.25, 0.3) is 0 Å². The number of nitrogens with zero attached hydrogens (tertiary/aromatic N) is 4. The van der Waals surface area contributed by atoms with Gasteiger partial charge in [-0.2, -0.15) is 6.07 Å². The van der Waals surface area contributed by atoms with Crippen LogP contribution in [0.15, 0.2) is 109 Å². The Morgan fingerprint density at radius 2 is 1.37 bits per heavy atom. The first-order chi connectivity index (χ1) is 26.9. The van der Waals surface area contributed by atoms with E-state index >= 15 is 0 Å². The van der Waals surface area contributed by atoms with Crippen LogP contribution >= 0.6 is 0 Å². The molecule has 0 atom stereocenters. The number of rotatable bonds is 6. The standard InChI is InChI=1S/C51H51N4O.Pt/c1-34-16-15-23-46(49(34)35-17-9-8-10-18-35)54-33-53(44-21-13-14-22-45(44)54)38-28-37(51(5,6)7)29-40(31-38)56-39-24-25-42-41-19-11-12-20-43(41)55(47(42)32-39)48-30-36(26-27-52-48)50(2,3)4;/h11-16,19-30,33,35H,8-10,17-18H2,1-7H3;/q-3;. The van der Waals surface area contributed by atoms with Gasteiger partial charge in [-0.05, 0) is 95.0 Å². The molecule has 3 heterocycles. The van der Waals surface area contributed by atoms with E-state index in [1.807, 2.05) is 12.3 Å². The zero-order valence-corrected chi connectivity index (χ0v) is 36.4. The first-order valence-corrected chi connectivity index (χ1v) is 20.2. The third kappa shape index (κ3) is 7.29. The molecule has 1 fully saturated rings. The Kier molecular flexibility index (Phi) is 10.4. The molecule has 0 saturated heterocycles. The molecule has 5 nitrogen and oxygen atoms in total. The van der Waals surface area contributed by atoms with Gasteiger partial charge >= 0.3 is 0 Å². The maximum absolute atomic E-state index is 6.80. The third-order valence-electron chi connectivity index (χ3n) is 11.8. The molecule has 6 heteroatoms. The van der Waals surface area contributed by atoms with Gasteiger partial charge in [0, 0.05) is 61.3 Å². The van der Waals surface area contributed by atoms with E-state index < -0.39 is 0 Å². The van der Waals surface area contributed by atoms with Gasteiger partial charge in [0.2, 0.25) is 0 Å². The topological polar surface area (TPSA) is 33.5 Å². The molecule has 0 unspecified atom stereocenters. The second kappa shape index (κ2) is 15.1. The second-order valence-electron chi connectivity index (χ2n) is 17.7. The Morgan fingerprint density at radius 1 is 0.667 bits per heavy atom. The Labute approximate surface area is 353 Å². The van der Waals surface area contributed by atoms with E-state index in [0.717, 1.165) is 39.0 Å². The van der Waals surface area contributed by atoms with Gasteiger partial charge < -0.3 is 19.1 Å². The van der Waals surface area contributed by atoms with Crippen molar-refractivity contribution < 1.29 is 25.8 Å². The first-order valence-electron chi connectivity index (χ1n) is 20.2. The Balaban J connectivity index is 0.00000455. The van der Waals surface area contributed by atoms with Crippen molar-refractivity contribution in [1.82, 2.24) is 9.55 Å². The van der Waals surface area contributed by atoms with Crippen molar-refractivity contribution in [1.29, 1.82) is 0 Å². The van der Waals surface area contributed by atoms with Gasteiger partial charge in [-0.25, -0.2) is 4.98 Å². The summed E-state index contributed by atoms with van der Waals surface area (Å²) in [7, 11) is 0. The van der Waals surface area contributed by atoms with E-state index in [1.54, 1.807) is 0 Å². The fourth-order valence-corrected chi connectivity index (χ4v) is 8.74. The number of aryl methyl sites for hydroxylation is 1. The SMILES string of the molecule is Cc1cccc(N2[CH-]N(c3[c-]c(Oc4[c-]c5c(cc4)c4ccccc4n5-c4cc(C(C)(C)C)ccn4)cc(C(C)(C)C)c3)c3ccccc32)c1C1CCCCC1.[Pt]. The van der Waals surface area contributed by atoms with E-state index in [1.165, 1.54) is 65.7 Å². The van der Waals surface area contributed by atoms with Gasteiger partial charge in [-0.15, -0.1) is 53.6 Å². The fraction of sp³-hybridized carbons (Fsp3) is 0.294. The average Bonchev–Trinajstić information content (AvgIpc) is 3.73. The van der Waals surface area contributed by atoms with Crippen molar-refractivity contribution in [2.24, 2.45) is 0 Å². The maximum atomic E-state index is 6.80. The molecule has 57 heavy (non-hydrogen) atoms. The summed E-state index contributed by atoms with van der Waals surface area (Å²) in [5.41, 5.74) is 11.6. The summed E-state index contributed by atoms with van der Waals surface area (Å²) in [6, 6.07) is 44.3. The van der Waals surface area contributed by atoms with Crippen LogP contribution in [-0.2, 0) is 31.9 Å². The van der Waals surface area contributed by atoms with Crippen LogP contribution in [-0.4, -0.2) is 9.55 Å². The van der Waals surface area contributed by atoms with Crippen molar-refractivity contribution in [3.05, 3.63) is 150 Å². The molecule has 2 aliphatic rings. The number of aromatic nitrogens is 2. The summed E-state index contributed by atoms with van der Waals surface area (Å²) >= 11 is 0. The molecule has 0 bridgehead atoms. The van der Waals surface area contributed by atoms with Crippen LogP contribution in [0.25, 0.3) is 27.6 Å². The minimum atomic E-state index is -0.130. The molecule has 2 aromatic heterocycles. The fourth-order valence-electron chi connectivity index (χ4n) is 8.74. The Morgan fingerprint density at radius 3 is 2.12 bits per heavy atom. The Hall–Kier alpha value is -4.86. The van der Waals surface area contributed by atoms with Crippen LogP contribution < -0.4 is 14.5 Å². The van der Waals surface area contributed by atoms with E-state index in [-0.39, 0.29) is 31.9 Å².